The van der Waals surface area contributed by atoms with Gasteiger partial charge in [0.2, 0.25) is 5.95 Å². The molecule has 7 heteroatoms. The zero-order valence-electron chi connectivity index (χ0n) is 13.2. The van der Waals surface area contributed by atoms with E-state index < -0.39 is 0 Å². The Morgan fingerprint density at radius 3 is 2.87 bits per heavy atom. The van der Waals surface area contributed by atoms with Crippen LogP contribution in [0.4, 0.5) is 5.95 Å². The van der Waals surface area contributed by atoms with Crippen LogP contribution in [0.15, 0.2) is 39.0 Å². The Bertz CT molecular complexity index is 647. The number of aromatic nitrogens is 3. The van der Waals surface area contributed by atoms with Gasteiger partial charge in [-0.15, -0.1) is 10.2 Å². The smallest absolute Gasteiger partial charge is 0.228 e. The lowest BCUT2D eigenvalue weighted by Gasteiger charge is -2.31. The van der Waals surface area contributed by atoms with Crippen molar-refractivity contribution in [1.29, 1.82) is 0 Å². The van der Waals surface area contributed by atoms with Crippen molar-refractivity contribution in [3.05, 3.63) is 35.2 Å². The molecule has 0 aliphatic carbocycles. The molecular weight excluding hydrogens is 376 g/mol. The summed E-state index contributed by atoms with van der Waals surface area (Å²) in [6.07, 6.45) is 4.11. The fourth-order valence-corrected chi connectivity index (χ4v) is 3.70. The summed E-state index contributed by atoms with van der Waals surface area (Å²) in [6.45, 7) is 8.92. The van der Waals surface area contributed by atoms with E-state index in [1.54, 1.807) is 18.0 Å². The lowest BCUT2D eigenvalue weighted by Crippen LogP contribution is -2.35. The first kappa shape index (κ1) is 16.6. The Morgan fingerprint density at radius 1 is 1.43 bits per heavy atom. The van der Waals surface area contributed by atoms with Gasteiger partial charge in [-0.25, -0.2) is 0 Å². The van der Waals surface area contributed by atoms with E-state index in [1.807, 2.05) is 12.1 Å². The van der Waals surface area contributed by atoms with E-state index in [2.05, 4.69) is 49.1 Å². The first-order chi connectivity index (χ1) is 11.1. The lowest BCUT2D eigenvalue weighted by atomic mass is 10.00. The summed E-state index contributed by atoms with van der Waals surface area (Å²) in [6, 6.07) is 3.90. The molecule has 1 aliphatic heterocycles. The number of halogens is 1. The maximum absolute atomic E-state index is 5.52. The number of hydrogen-bond acceptors (Lipinski definition) is 5. The van der Waals surface area contributed by atoms with E-state index >= 15 is 0 Å². The molecule has 0 radical (unpaired) electrons. The molecular formula is C16H21BrN4OS. The number of piperidine rings is 1. The fraction of sp³-hybridized carbons (Fsp3) is 0.500. The molecule has 0 saturated carbocycles. The molecule has 0 aromatic carbocycles. The van der Waals surface area contributed by atoms with Crippen LogP contribution in [0.1, 0.15) is 25.5 Å². The summed E-state index contributed by atoms with van der Waals surface area (Å²) in [4.78, 5) is 2.34. The SMILES string of the molecule is C=C(Br)CSc1nnc(N2CCC(C)CC2)n1Cc1ccco1. The summed E-state index contributed by atoms with van der Waals surface area (Å²) in [5.74, 6) is 3.41. The molecule has 3 heterocycles. The van der Waals surface area contributed by atoms with Gasteiger partial charge in [0.1, 0.15) is 5.76 Å². The molecule has 0 spiro atoms. The van der Waals surface area contributed by atoms with E-state index in [0.717, 1.165) is 46.1 Å². The number of nitrogens with zero attached hydrogens (tertiary/aromatic N) is 4. The summed E-state index contributed by atoms with van der Waals surface area (Å²) >= 11 is 5.04. The molecule has 2 aromatic rings. The Labute approximate surface area is 149 Å². The van der Waals surface area contributed by atoms with Crippen LogP contribution in [0.2, 0.25) is 0 Å². The third-order valence-electron chi connectivity index (χ3n) is 4.02. The van der Waals surface area contributed by atoms with Crippen molar-refractivity contribution in [2.24, 2.45) is 5.92 Å². The molecule has 5 nitrogen and oxygen atoms in total. The van der Waals surface area contributed by atoms with Crippen molar-refractivity contribution in [2.45, 2.75) is 31.5 Å². The molecule has 124 valence electrons. The molecule has 0 unspecified atom stereocenters. The van der Waals surface area contributed by atoms with Crippen molar-refractivity contribution in [2.75, 3.05) is 23.7 Å². The van der Waals surface area contributed by atoms with E-state index in [9.17, 15) is 0 Å². The van der Waals surface area contributed by atoms with E-state index in [1.165, 1.54) is 12.8 Å². The van der Waals surface area contributed by atoms with Crippen LogP contribution in [0.5, 0.6) is 0 Å². The summed E-state index contributed by atoms with van der Waals surface area (Å²) in [5.41, 5.74) is 0. The fourth-order valence-electron chi connectivity index (χ4n) is 2.67. The number of thioether (sulfide) groups is 1. The van der Waals surface area contributed by atoms with Gasteiger partial charge in [-0.3, -0.25) is 4.57 Å². The Kier molecular flexibility index (Phi) is 5.48. The Balaban J connectivity index is 1.84. The van der Waals surface area contributed by atoms with Gasteiger partial charge in [0.25, 0.3) is 0 Å². The van der Waals surface area contributed by atoms with Gasteiger partial charge in [0.15, 0.2) is 5.16 Å². The van der Waals surface area contributed by atoms with Gasteiger partial charge >= 0.3 is 0 Å². The first-order valence-corrected chi connectivity index (χ1v) is 9.58. The highest BCUT2D eigenvalue weighted by Gasteiger charge is 2.23. The van der Waals surface area contributed by atoms with Crippen LogP contribution in [0.3, 0.4) is 0 Å². The van der Waals surface area contributed by atoms with E-state index in [0.29, 0.717) is 6.54 Å². The maximum atomic E-state index is 5.52. The number of rotatable bonds is 6. The van der Waals surface area contributed by atoms with Crippen LogP contribution in [0, 0.1) is 5.92 Å². The summed E-state index contributed by atoms with van der Waals surface area (Å²) in [7, 11) is 0. The molecule has 1 fully saturated rings. The normalized spacial score (nSPS) is 16.0. The van der Waals surface area contributed by atoms with E-state index in [-0.39, 0.29) is 0 Å². The minimum atomic E-state index is 0.651. The second kappa shape index (κ2) is 7.57. The minimum absolute atomic E-state index is 0.651. The third-order valence-corrected chi connectivity index (χ3v) is 5.72. The summed E-state index contributed by atoms with van der Waals surface area (Å²) in [5, 5.41) is 9.75. The predicted molar refractivity (Wildman–Crippen MR) is 97.2 cm³/mol. The average molecular weight is 397 g/mol. The number of hydrogen-bond donors (Lipinski definition) is 0. The van der Waals surface area contributed by atoms with Crippen molar-refractivity contribution in [1.82, 2.24) is 14.8 Å². The maximum Gasteiger partial charge on any atom is 0.228 e. The van der Waals surface area contributed by atoms with Gasteiger partial charge in [0.05, 0.1) is 12.8 Å². The van der Waals surface area contributed by atoms with Crippen molar-refractivity contribution < 1.29 is 4.42 Å². The van der Waals surface area contributed by atoms with Crippen LogP contribution in [-0.2, 0) is 6.54 Å². The second-order valence-corrected chi connectivity index (χ2v) is 7.99. The molecule has 23 heavy (non-hydrogen) atoms. The minimum Gasteiger partial charge on any atom is -0.467 e. The molecule has 0 bridgehead atoms. The Hall–Kier alpha value is -1.21. The lowest BCUT2D eigenvalue weighted by molar-refractivity contribution is 0.427. The highest BCUT2D eigenvalue weighted by Crippen LogP contribution is 2.28. The predicted octanol–water partition coefficient (Wildman–Crippen LogP) is 4.16. The van der Waals surface area contributed by atoms with Gasteiger partial charge < -0.3 is 9.32 Å². The molecule has 2 aromatic heterocycles. The Morgan fingerprint density at radius 2 is 2.22 bits per heavy atom. The zero-order chi connectivity index (χ0) is 16.2. The molecule has 1 saturated heterocycles. The number of anilines is 1. The quantitative estimate of drug-likeness (QED) is 0.686. The van der Waals surface area contributed by atoms with Gasteiger partial charge in [0, 0.05) is 18.8 Å². The van der Waals surface area contributed by atoms with Crippen LogP contribution >= 0.6 is 27.7 Å². The van der Waals surface area contributed by atoms with Crippen LogP contribution < -0.4 is 4.90 Å². The van der Waals surface area contributed by atoms with Crippen LogP contribution in [0.25, 0.3) is 0 Å². The highest BCUT2D eigenvalue weighted by atomic mass is 79.9. The molecule has 3 rings (SSSR count). The standard InChI is InChI=1S/C16H21BrN4OS/c1-12-5-7-20(8-6-12)15-18-19-16(23-11-13(2)17)21(15)10-14-4-3-9-22-14/h3-4,9,12H,2,5-8,10-11H2,1H3. The topological polar surface area (TPSA) is 47.1 Å². The average Bonchev–Trinajstić information content (AvgIpc) is 3.17. The van der Waals surface area contributed by atoms with Crippen molar-refractivity contribution in [3.63, 3.8) is 0 Å². The van der Waals surface area contributed by atoms with Gasteiger partial charge in [-0.2, -0.15) is 0 Å². The monoisotopic (exact) mass is 396 g/mol. The van der Waals surface area contributed by atoms with Crippen LogP contribution in [-0.4, -0.2) is 33.6 Å². The molecule has 0 N–H and O–H groups in total. The van der Waals surface area contributed by atoms with Crippen molar-refractivity contribution in [3.8, 4) is 0 Å². The summed E-state index contributed by atoms with van der Waals surface area (Å²) < 4.78 is 8.61. The molecule has 0 atom stereocenters. The van der Waals surface area contributed by atoms with Gasteiger partial charge in [-0.05, 0) is 35.4 Å². The van der Waals surface area contributed by atoms with Crippen molar-refractivity contribution >= 4 is 33.6 Å². The molecule has 1 aliphatic rings. The zero-order valence-corrected chi connectivity index (χ0v) is 15.6. The van der Waals surface area contributed by atoms with E-state index in [4.69, 9.17) is 4.42 Å². The second-order valence-electron chi connectivity index (χ2n) is 5.92. The third kappa shape index (κ3) is 4.20. The number of furan rings is 1. The first-order valence-electron chi connectivity index (χ1n) is 7.80. The molecule has 0 amide bonds. The highest BCUT2D eigenvalue weighted by molar-refractivity contribution is 9.11. The largest absolute Gasteiger partial charge is 0.467 e. The van der Waals surface area contributed by atoms with Gasteiger partial charge in [-0.1, -0.05) is 41.2 Å².